The summed E-state index contributed by atoms with van der Waals surface area (Å²) in [5.74, 6) is 0.609. The molecule has 0 saturated heterocycles. The molecule has 20 heavy (non-hydrogen) atoms. The fraction of sp³-hybridized carbons (Fsp3) is 0.368. The summed E-state index contributed by atoms with van der Waals surface area (Å²) < 4.78 is 0. The first-order valence-corrected chi connectivity index (χ1v) is 7.77. The molecule has 0 N–H and O–H groups in total. The largest absolute Gasteiger partial charge is 0.360 e. The lowest BCUT2D eigenvalue weighted by atomic mass is 9.83. The van der Waals surface area contributed by atoms with Crippen molar-refractivity contribution < 1.29 is 0 Å². The minimum absolute atomic E-state index is 0.485. The number of benzene rings is 1. The van der Waals surface area contributed by atoms with Crippen LogP contribution in [0.25, 0.3) is 0 Å². The molecule has 3 atom stereocenters. The van der Waals surface area contributed by atoms with Crippen LogP contribution in [0.3, 0.4) is 0 Å². The molecule has 0 amide bonds. The van der Waals surface area contributed by atoms with Gasteiger partial charge in [0.25, 0.3) is 0 Å². The predicted molar refractivity (Wildman–Crippen MR) is 81.4 cm³/mol. The first-order chi connectivity index (χ1) is 9.81. The second-order valence-corrected chi connectivity index (χ2v) is 6.65. The Morgan fingerprint density at radius 1 is 1.15 bits per heavy atom. The van der Waals surface area contributed by atoms with Gasteiger partial charge in [0.05, 0.1) is 6.04 Å². The van der Waals surface area contributed by atoms with Crippen LogP contribution in [0.5, 0.6) is 0 Å². The number of nitrogens with zero attached hydrogens (tertiary/aromatic N) is 1. The van der Waals surface area contributed by atoms with Crippen molar-refractivity contribution in [3.63, 3.8) is 0 Å². The van der Waals surface area contributed by atoms with Crippen LogP contribution in [0.1, 0.15) is 34.7 Å². The fourth-order valence-electron chi connectivity index (χ4n) is 4.65. The van der Waals surface area contributed by atoms with Gasteiger partial charge in [0.15, 0.2) is 0 Å². The number of allylic oxidation sites excluding steroid dienone is 4. The zero-order valence-electron chi connectivity index (χ0n) is 11.8. The van der Waals surface area contributed by atoms with Gasteiger partial charge in [-0.25, -0.2) is 0 Å². The van der Waals surface area contributed by atoms with Gasteiger partial charge in [-0.15, -0.1) is 0 Å². The van der Waals surface area contributed by atoms with Crippen molar-refractivity contribution in [2.45, 2.75) is 38.3 Å². The van der Waals surface area contributed by atoms with Gasteiger partial charge in [0.1, 0.15) is 0 Å². The molecule has 0 spiro atoms. The van der Waals surface area contributed by atoms with Crippen molar-refractivity contribution in [1.82, 2.24) is 4.90 Å². The smallest absolute Gasteiger partial charge is 0.0730 e. The van der Waals surface area contributed by atoms with E-state index in [1.54, 1.807) is 22.4 Å². The maximum absolute atomic E-state index is 2.73. The first-order valence-electron chi connectivity index (χ1n) is 7.77. The minimum Gasteiger partial charge on any atom is -0.360 e. The molecule has 1 aromatic rings. The number of fused-ring (bicyclic) bond motifs is 6. The van der Waals surface area contributed by atoms with Crippen molar-refractivity contribution in [3.8, 4) is 0 Å². The van der Waals surface area contributed by atoms with Gasteiger partial charge in [-0.3, -0.25) is 0 Å². The van der Waals surface area contributed by atoms with Gasteiger partial charge in [-0.05, 0) is 49.0 Å². The molecule has 2 heterocycles. The van der Waals surface area contributed by atoms with Crippen LogP contribution in [0.4, 0.5) is 0 Å². The van der Waals surface area contributed by atoms with Gasteiger partial charge < -0.3 is 4.90 Å². The summed E-state index contributed by atoms with van der Waals surface area (Å²) >= 11 is 0. The predicted octanol–water partition coefficient (Wildman–Crippen LogP) is 3.85. The Balaban J connectivity index is 1.73. The molecule has 2 bridgehead atoms. The van der Waals surface area contributed by atoms with E-state index in [1.807, 2.05) is 0 Å². The Labute approximate surface area is 120 Å². The summed E-state index contributed by atoms with van der Waals surface area (Å²) in [7, 11) is 0. The lowest BCUT2D eigenvalue weighted by Crippen LogP contribution is -2.44. The lowest BCUT2D eigenvalue weighted by Gasteiger charge is -2.46. The monoisotopic (exact) mass is 261 g/mol. The molecule has 0 aromatic heterocycles. The third-order valence-corrected chi connectivity index (χ3v) is 5.43. The minimum atomic E-state index is 0.485. The van der Waals surface area contributed by atoms with Gasteiger partial charge in [-0.1, -0.05) is 42.0 Å². The highest BCUT2D eigenvalue weighted by molar-refractivity contribution is 5.51. The van der Waals surface area contributed by atoms with Gasteiger partial charge in [0, 0.05) is 17.7 Å². The Bertz CT molecular complexity index is 692. The molecule has 0 radical (unpaired) electrons. The van der Waals surface area contributed by atoms with E-state index < -0.39 is 0 Å². The SMILES string of the molecule is Cc1cc2c3c(c1)C1C=CC4CC=CC=C4N1[C@H](C2)C3. The highest BCUT2D eigenvalue weighted by atomic mass is 15.2. The molecule has 1 nitrogen and oxygen atoms in total. The van der Waals surface area contributed by atoms with Crippen LogP contribution < -0.4 is 0 Å². The van der Waals surface area contributed by atoms with E-state index in [9.17, 15) is 0 Å². The van der Waals surface area contributed by atoms with Crippen molar-refractivity contribution in [1.29, 1.82) is 0 Å². The molecule has 100 valence electrons. The van der Waals surface area contributed by atoms with Crippen LogP contribution in [-0.2, 0) is 12.8 Å². The first kappa shape index (κ1) is 11.0. The summed E-state index contributed by atoms with van der Waals surface area (Å²) in [5, 5.41) is 0. The second-order valence-electron chi connectivity index (χ2n) is 6.65. The number of hydrogen-bond acceptors (Lipinski definition) is 1. The Morgan fingerprint density at radius 3 is 3.05 bits per heavy atom. The summed E-state index contributed by atoms with van der Waals surface area (Å²) in [6.07, 6.45) is 15.5. The molecule has 0 saturated carbocycles. The Kier molecular flexibility index (Phi) is 2.01. The fourth-order valence-corrected chi connectivity index (χ4v) is 4.65. The lowest BCUT2D eigenvalue weighted by molar-refractivity contribution is 0.179. The zero-order chi connectivity index (χ0) is 13.3. The van der Waals surface area contributed by atoms with E-state index in [-0.39, 0.29) is 0 Å². The van der Waals surface area contributed by atoms with Crippen LogP contribution in [0.15, 0.2) is 48.2 Å². The second kappa shape index (κ2) is 3.66. The molecule has 1 aromatic carbocycles. The standard InChI is InChI=1S/C19H19N/c1-12-8-14-10-15-11-16(14)17(9-12)19-7-6-13-4-2-3-5-18(13)20(15)19/h2-3,5-9,13,15,19H,4,10-11H2,1H3/t13?,15-,19?/m1/s1. The summed E-state index contributed by atoms with van der Waals surface area (Å²) in [6, 6.07) is 6.00. The molecule has 2 unspecified atom stereocenters. The quantitative estimate of drug-likeness (QED) is 0.641. The molecule has 1 heteroatoms. The van der Waals surface area contributed by atoms with Gasteiger partial charge >= 0.3 is 0 Å². The zero-order valence-corrected chi connectivity index (χ0v) is 11.8. The molecule has 5 rings (SSSR count). The van der Waals surface area contributed by atoms with E-state index in [0.29, 0.717) is 18.0 Å². The molecule has 4 aliphatic rings. The van der Waals surface area contributed by atoms with E-state index in [2.05, 4.69) is 54.3 Å². The van der Waals surface area contributed by atoms with Crippen molar-refractivity contribution in [2.75, 3.05) is 0 Å². The normalized spacial score (nSPS) is 31.9. The van der Waals surface area contributed by atoms with E-state index in [4.69, 9.17) is 0 Å². The molecular formula is C19H19N. The summed E-state index contributed by atoms with van der Waals surface area (Å²) in [4.78, 5) is 2.73. The summed E-state index contributed by atoms with van der Waals surface area (Å²) in [6.45, 7) is 2.24. The maximum Gasteiger partial charge on any atom is 0.0730 e. The number of hydrogen-bond donors (Lipinski definition) is 0. The van der Waals surface area contributed by atoms with E-state index >= 15 is 0 Å². The highest BCUT2D eigenvalue weighted by Crippen LogP contribution is 2.48. The molecular weight excluding hydrogens is 242 g/mol. The maximum atomic E-state index is 2.73. The van der Waals surface area contributed by atoms with Gasteiger partial charge in [0.2, 0.25) is 0 Å². The highest BCUT2D eigenvalue weighted by Gasteiger charge is 2.42. The van der Waals surface area contributed by atoms with Crippen LogP contribution in [0.2, 0.25) is 0 Å². The molecule has 0 fully saturated rings. The van der Waals surface area contributed by atoms with Crippen molar-refractivity contribution in [3.05, 3.63) is 70.5 Å². The third-order valence-electron chi connectivity index (χ3n) is 5.43. The number of rotatable bonds is 0. The van der Waals surface area contributed by atoms with Crippen LogP contribution in [0, 0.1) is 12.8 Å². The Morgan fingerprint density at radius 2 is 2.10 bits per heavy atom. The van der Waals surface area contributed by atoms with Crippen molar-refractivity contribution in [2.24, 2.45) is 5.92 Å². The topological polar surface area (TPSA) is 3.24 Å². The summed E-state index contributed by atoms with van der Waals surface area (Å²) in [5.41, 5.74) is 7.80. The third kappa shape index (κ3) is 1.28. The molecule has 2 aliphatic carbocycles. The van der Waals surface area contributed by atoms with Crippen LogP contribution in [-0.4, -0.2) is 10.9 Å². The van der Waals surface area contributed by atoms with E-state index in [0.717, 1.165) is 0 Å². The average molecular weight is 261 g/mol. The Hall–Kier alpha value is -1.76. The van der Waals surface area contributed by atoms with Crippen molar-refractivity contribution >= 4 is 0 Å². The van der Waals surface area contributed by atoms with Crippen LogP contribution >= 0.6 is 0 Å². The average Bonchev–Trinajstić information content (AvgIpc) is 2.86. The van der Waals surface area contributed by atoms with E-state index in [1.165, 1.54) is 24.8 Å². The number of aryl methyl sites for hydroxylation is 1. The molecule has 2 aliphatic heterocycles. The van der Waals surface area contributed by atoms with Gasteiger partial charge in [-0.2, -0.15) is 0 Å².